The maximum atomic E-state index is 10.5. The Morgan fingerprint density at radius 2 is 2.33 bits per heavy atom. The van der Waals surface area contributed by atoms with Crippen molar-refractivity contribution in [2.45, 2.75) is 19.8 Å². The molecule has 0 atom stereocenters. The van der Waals surface area contributed by atoms with Gasteiger partial charge in [-0.3, -0.25) is 4.79 Å². The third kappa shape index (κ3) is 1.97. The molecule has 0 unspecified atom stereocenters. The lowest BCUT2D eigenvalue weighted by atomic mass is 10.2. The Bertz CT molecular complexity index is 472. The molecule has 0 saturated carbocycles. The quantitative estimate of drug-likeness (QED) is 0.747. The van der Waals surface area contributed by atoms with Crippen molar-refractivity contribution in [1.82, 2.24) is 14.8 Å². The van der Waals surface area contributed by atoms with Crippen LogP contribution < -0.4 is 0 Å². The molecule has 15 heavy (non-hydrogen) atoms. The normalized spacial score (nSPS) is 10.9. The summed E-state index contributed by atoms with van der Waals surface area (Å²) in [6, 6.07) is 1.80. The first-order valence-electron chi connectivity index (χ1n) is 4.66. The van der Waals surface area contributed by atoms with E-state index in [4.69, 9.17) is 0 Å². The second kappa shape index (κ2) is 3.94. The summed E-state index contributed by atoms with van der Waals surface area (Å²) in [5.74, 6) is 1.13. The van der Waals surface area contributed by atoms with Crippen LogP contribution in [0, 0.1) is 0 Å². The summed E-state index contributed by atoms with van der Waals surface area (Å²) in [5.41, 5.74) is 0.890. The zero-order valence-corrected chi connectivity index (χ0v) is 9.36. The highest BCUT2D eigenvalue weighted by Crippen LogP contribution is 2.17. The lowest BCUT2D eigenvalue weighted by molar-refractivity contribution is 0.112. The average Bonchev–Trinajstić information content (AvgIpc) is 2.86. The van der Waals surface area contributed by atoms with Crippen LogP contribution >= 0.6 is 11.3 Å². The molecule has 5 heteroatoms. The van der Waals surface area contributed by atoms with Gasteiger partial charge in [-0.1, -0.05) is 13.8 Å². The Balaban J connectivity index is 2.32. The number of carbonyl (C=O) groups is 1. The van der Waals surface area contributed by atoms with Gasteiger partial charge in [0.1, 0.15) is 6.33 Å². The number of aldehydes is 1. The topological polar surface area (TPSA) is 47.8 Å². The Kier molecular flexibility index (Phi) is 2.64. The van der Waals surface area contributed by atoms with Crippen molar-refractivity contribution in [1.29, 1.82) is 0 Å². The van der Waals surface area contributed by atoms with E-state index in [0.717, 1.165) is 17.8 Å². The minimum Gasteiger partial charge on any atom is -0.297 e. The van der Waals surface area contributed by atoms with Gasteiger partial charge in [-0.2, -0.15) is 5.10 Å². The van der Waals surface area contributed by atoms with Crippen LogP contribution in [-0.4, -0.2) is 21.1 Å². The Morgan fingerprint density at radius 1 is 1.53 bits per heavy atom. The molecule has 0 spiro atoms. The van der Waals surface area contributed by atoms with Crippen LogP contribution in [-0.2, 0) is 0 Å². The molecule has 0 aromatic carbocycles. The van der Waals surface area contributed by atoms with Crippen LogP contribution in [0.1, 0.15) is 35.3 Å². The van der Waals surface area contributed by atoms with Crippen LogP contribution in [0.5, 0.6) is 0 Å². The summed E-state index contributed by atoms with van der Waals surface area (Å²) >= 11 is 1.41. The summed E-state index contributed by atoms with van der Waals surface area (Å²) in [7, 11) is 0. The fourth-order valence-corrected chi connectivity index (χ4v) is 1.87. The number of hydrogen-bond donors (Lipinski definition) is 0. The molecule has 2 heterocycles. The molecule has 0 aliphatic rings. The first-order chi connectivity index (χ1) is 7.20. The molecule has 0 fully saturated rings. The summed E-state index contributed by atoms with van der Waals surface area (Å²) in [4.78, 5) is 15.4. The van der Waals surface area contributed by atoms with E-state index in [2.05, 4.69) is 10.1 Å². The van der Waals surface area contributed by atoms with Crippen molar-refractivity contribution in [3.8, 4) is 5.69 Å². The summed E-state index contributed by atoms with van der Waals surface area (Å²) in [6.07, 6.45) is 2.51. The van der Waals surface area contributed by atoms with Crippen LogP contribution in [0.4, 0.5) is 0 Å². The predicted octanol–water partition coefficient (Wildman–Crippen LogP) is 2.26. The van der Waals surface area contributed by atoms with Gasteiger partial charge in [-0.25, -0.2) is 9.67 Å². The Labute approximate surface area is 91.6 Å². The van der Waals surface area contributed by atoms with Gasteiger partial charge in [0.05, 0.1) is 10.6 Å². The highest BCUT2D eigenvalue weighted by molar-refractivity contribution is 7.12. The molecule has 0 aliphatic heterocycles. The first kappa shape index (κ1) is 10.0. The smallest absolute Gasteiger partial charge is 0.160 e. The highest BCUT2D eigenvalue weighted by Gasteiger charge is 2.07. The molecule has 0 radical (unpaired) electrons. The molecule has 0 amide bonds. The number of rotatable bonds is 3. The highest BCUT2D eigenvalue weighted by atomic mass is 32.1. The van der Waals surface area contributed by atoms with Gasteiger partial charge in [0.2, 0.25) is 0 Å². The van der Waals surface area contributed by atoms with Crippen LogP contribution in [0.25, 0.3) is 5.69 Å². The number of carbonyl (C=O) groups excluding carboxylic acids is 1. The van der Waals surface area contributed by atoms with E-state index in [-0.39, 0.29) is 0 Å². The number of thiophene rings is 1. The van der Waals surface area contributed by atoms with Gasteiger partial charge in [0, 0.05) is 11.3 Å². The lowest BCUT2D eigenvalue weighted by Gasteiger charge is -1.96. The predicted molar refractivity (Wildman–Crippen MR) is 58.7 cm³/mol. The third-order valence-corrected chi connectivity index (χ3v) is 2.86. The standard InChI is InChI=1S/C10H11N3OS/c1-7(2)10-11-6-13(12-10)8-3-9(4-14)15-5-8/h3-7H,1-2H3. The van der Waals surface area contributed by atoms with E-state index in [9.17, 15) is 4.79 Å². The maximum absolute atomic E-state index is 10.5. The van der Waals surface area contributed by atoms with Gasteiger partial charge in [-0.15, -0.1) is 11.3 Å². The molecular weight excluding hydrogens is 210 g/mol. The van der Waals surface area contributed by atoms with Gasteiger partial charge in [-0.05, 0) is 6.07 Å². The minimum absolute atomic E-state index is 0.315. The van der Waals surface area contributed by atoms with E-state index in [1.54, 1.807) is 17.1 Å². The lowest BCUT2D eigenvalue weighted by Crippen LogP contribution is -1.95. The van der Waals surface area contributed by atoms with Crippen molar-refractivity contribution >= 4 is 17.6 Å². The molecule has 2 rings (SSSR count). The molecule has 78 valence electrons. The van der Waals surface area contributed by atoms with Crippen molar-refractivity contribution in [3.63, 3.8) is 0 Å². The summed E-state index contributed by atoms with van der Waals surface area (Å²) < 4.78 is 1.69. The Morgan fingerprint density at radius 3 is 2.87 bits per heavy atom. The first-order valence-corrected chi connectivity index (χ1v) is 5.54. The molecule has 2 aromatic heterocycles. The summed E-state index contributed by atoms with van der Waals surface area (Å²) in [5, 5.41) is 6.22. The van der Waals surface area contributed by atoms with E-state index in [1.807, 2.05) is 19.2 Å². The van der Waals surface area contributed by atoms with Gasteiger partial charge < -0.3 is 0 Å². The van der Waals surface area contributed by atoms with Crippen molar-refractivity contribution in [3.05, 3.63) is 28.5 Å². The van der Waals surface area contributed by atoms with Crippen LogP contribution in [0.3, 0.4) is 0 Å². The zero-order chi connectivity index (χ0) is 10.8. The fraction of sp³-hybridized carbons (Fsp3) is 0.300. The maximum Gasteiger partial charge on any atom is 0.160 e. The second-order valence-corrected chi connectivity index (χ2v) is 4.47. The van der Waals surface area contributed by atoms with E-state index >= 15 is 0 Å². The van der Waals surface area contributed by atoms with Gasteiger partial charge >= 0.3 is 0 Å². The monoisotopic (exact) mass is 221 g/mol. The van der Waals surface area contributed by atoms with E-state index in [0.29, 0.717) is 10.8 Å². The van der Waals surface area contributed by atoms with E-state index < -0.39 is 0 Å². The van der Waals surface area contributed by atoms with Gasteiger partial charge in [0.25, 0.3) is 0 Å². The molecule has 0 N–H and O–H groups in total. The number of aromatic nitrogens is 3. The van der Waals surface area contributed by atoms with Crippen molar-refractivity contribution in [2.24, 2.45) is 0 Å². The van der Waals surface area contributed by atoms with Crippen LogP contribution in [0.2, 0.25) is 0 Å². The summed E-state index contributed by atoms with van der Waals surface area (Å²) in [6.45, 7) is 4.09. The van der Waals surface area contributed by atoms with Crippen molar-refractivity contribution in [2.75, 3.05) is 0 Å². The zero-order valence-electron chi connectivity index (χ0n) is 8.54. The average molecular weight is 221 g/mol. The fourth-order valence-electron chi connectivity index (χ4n) is 1.19. The Hall–Kier alpha value is -1.49. The number of hydrogen-bond acceptors (Lipinski definition) is 4. The van der Waals surface area contributed by atoms with Crippen molar-refractivity contribution < 1.29 is 4.79 Å². The van der Waals surface area contributed by atoms with Gasteiger partial charge in [0.15, 0.2) is 12.1 Å². The largest absolute Gasteiger partial charge is 0.297 e. The SMILES string of the molecule is CC(C)c1ncn(-c2csc(C=O)c2)n1. The molecule has 0 saturated heterocycles. The molecule has 2 aromatic rings. The second-order valence-electron chi connectivity index (χ2n) is 3.53. The van der Waals surface area contributed by atoms with E-state index in [1.165, 1.54) is 11.3 Å². The number of nitrogens with zero attached hydrogens (tertiary/aromatic N) is 3. The third-order valence-electron chi connectivity index (χ3n) is 2.01. The molecule has 0 bridgehead atoms. The molecule has 4 nitrogen and oxygen atoms in total. The molecule has 0 aliphatic carbocycles. The van der Waals surface area contributed by atoms with Crippen LogP contribution in [0.15, 0.2) is 17.8 Å². The molecular formula is C10H11N3OS. The minimum atomic E-state index is 0.315.